The fourth-order valence-electron chi connectivity index (χ4n) is 3.98. The first-order valence-corrected chi connectivity index (χ1v) is 10.3. The lowest BCUT2D eigenvalue weighted by Gasteiger charge is -2.25. The van der Waals surface area contributed by atoms with Crippen molar-refractivity contribution < 1.29 is 32.8 Å². The van der Waals surface area contributed by atoms with Crippen molar-refractivity contribution in [3.8, 4) is 0 Å². The van der Waals surface area contributed by atoms with Crippen molar-refractivity contribution in [2.75, 3.05) is 4.90 Å². The van der Waals surface area contributed by atoms with E-state index in [1.165, 1.54) is 36.4 Å². The number of benzene rings is 3. The molecule has 1 aliphatic heterocycles. The molecular formula is C25H17F3N2O5. The number of halogens is 3. The number of para-hydroxylation sites is 1. The number of aryl methyl sites for hydroxylation is 1. The molecule has 1 amide bonds. The van der Waals surface area contributed by atoms with Crippen LogP contribution in [0.2, 0.25) is 0 Å². The number of nitrogens with zero attached hydrogens (tertiary/aromatic N) is 2. The molecule has 0 saturated carbocycles. The van der Waals surface area contributed by atoms with E-state index >= 15 is 0 Å². The van der Waals surface area contributed by atoms with Crippen molar-refractivity contribution >= 4 is 28.8 Å². The molecule has 3 aromatic rings. The Kier molecular flexibility index (Phi) is 5.89. The zero-order chi connectivity index (χ0) is 25.5. The van der Waals surface area contributed by atoms with E-state index in [4.69, 9.17) is 0 Å². The topological polar surface area (TPSA) is 101 Å². The van der Waals surface area contributed by atoms with Crippen molar-refractivity contribution in [3.05, 3.63) is 111 Å². The molecule has 1 heterocycles. The zero-order valence-corrected chi connectivity index (χ0v) is 18.1. The number of aliphatic hydroxyl groups excluding tert-OH is 1. The Bertz CT molecular complexity index is 1380. The summed E-state index contributed by atoms with van der Waals surface area (Å²) in [4.78, 5) is 38.0. The van der Waals surface area contributed by atoms with Crippen LogP contribution in [0.15, 0.2) is 78.4 Å². The fourth-order valence-corrected chi connectivity index (χ4v) is 3.98. The molecule has 0 aliphatic carbocycles. The van der Waals surface area contributed by atoms with Gasteiger partial charge in [0, 0.05) is 17.3 Å². The van der Waals surface area contributed by atoms with Gasteiger partial charge in [-0.2, -0.15) is 13.2 Å². The molecule has 0 radical (unpaired) electrons. The second-order valence-corrected chi connectivity index (χ2v) is 7.90. The maximum Gasteiger partial charge on any atom is 0.416 e. The van der Waals surface area contributed by atoms with Gasteiger partial charge in [0.2, 0.25) is 0 Å². The standard InChI is InChI=1S/C25H17F3N2O5/c1-14-9-11-15(12-10-14)22(31)20-21(18-7-2-3-8-19(18)30(34)35)29(24(33)23(20)32)17-6-4-5-16(13-17)25(26,27)28/h2-13,21,31H,1H3. The summed E-state index contributed by atoms with van der Waals surface area (Å²) in [7, 11) is 0. The third kappa shape index (κ3) is 4.25. The van der Waals surface area contributed by atoms with Gasteiger partial charge in [-0.1, -0.05) is 48.0 Å². The van der Waals surface area contributed by atoms with E-state index in [-0.39, 0.29) is 16.8 Å². The number of carbonyl (C=O) groups excluding carboxylic acids is 2. The van der Waals surface area contributed by atoms with E-state index < -0.39 is 51.4 Å². The van der Waals surface area contributed by atoms with Gasteiger partial charge in [-0.05, 0) is 31.2 Å². The minimum absolute atomic E-state index is 0.136. The highest BCUT2D eigenvalue weighted by Gasteiger charge is 2.49. The molecule has 1 saturated heterocycles. The lowest BCUT2D eigenvalue weighted by molar-refractivity contribution is -0.385. The molecule has 7 nitrogen and oxygen atoms in total. The third-order valence-corrected chi connectivity index (χ3v) is 5.65. The van der Waals surface area contributed by atoms with E-state index in [2.05, 4.69) is 0 Å². The second kappa shape index (κ2) is 8.71. The normalized spacial score (nSPS) is 17.6. The quantitative estimate of drug-likeness (QED) is 0.173. The van der Waals surface area contributed by atoms with E-state index in [1.807, 2.05) is 0 Å². The fraction of sp³-hybridized carbons (Fsp3) is 0.120. The van der Waals surface area contributed by atoms with Gasteiger partial charge in [0.05, 0.1) is 21.6 Å². The lowest BCUT2D eigenvalue weighted by Crippen LogP contribution is -2.30. The number of amides is 1. The van der Waals surface area contributed by atoms with Gasteiger partial charge >= 0.3 is 6.18 Å². The largest absolute Gasteiger partial charge is 0.507 e. The van der Waals surface area contributed by atoms with Gasteiger partial charge in [0.1, 0.15) is 11.8 Å². The molecule has 0 spiro atoms. The van der Waals surface area contributed by atoms with Crippen LogP contribution in [0.5, 0.6) is 0 Å². The summed E-state index contributed by atoms with van der Waals surface area (Å²) in [5.41, 5.74) is -1.42. The van der Waals surface area contributed by atoms with Crippen molar-refractivity contribution in [2.45, 2.75) is 19.1 Å². The third-order valence-electron chi connectivity index (χ3n) is 5.65. The Morgan fingerprint density at radius 2 is 1.66 bits per heavy atom. The van der Waals surface area contributed by atoms with Crippen LogP contribution >= 0.6 is 0 Å². The summed E-state index contributed by atoms with van der Waals surface area (Å²) in [6.07, 6.45) is -4.74. The van der Waals surface area contributed by atoms with Crippen LogP contribution in [-0.4, -0.2) is 21.7 Å². The van der Waals surface area contributed by atoms with Crippen molar-refractivity contribution in [3.63, 3.8) is 0 Å². The highest BCUT2D eigenvalue weighted by atomic mass is 19.4. The number of Topliss-reactive ketones (excluding diaryl/α,β-unsaturated/α-hetero) is 1. The predicted octanol–water partition coefficient (Wildman–Crippen LogP) is 5.55. The highest BCUT2D eigenvalue weighted by Crippen LogP contribution is 2.45. The first kappa shape index (κ1) is 23.7. The number of nitro benzene ring substituents is 1. The van der Waals surface area contributed by atoms with Crippen LogP contribution in [0.3, 0.4) is 0 Å². The molecule has 178 valence electrons. The van der Waals surface area contributed by atoms with Crippen LogP contribution in [0.25, 0.3) is 5.76 Å². The first-order valence-electron chi connectivity index (χ1n) is 10.3. The summed E-state index contributed by atoms with van der Waals surface area (Å²) >= 11 is 0. The number of hydrogen-bond acceptors (Lipinski definition) is 5. The Balaban J connectivity index is 2.01. The van der Waals surface area contributed by atoms with Crippen molar-refractivity contribution in [1.29, 1.82) is 0 Å². The monoisotopic (exact) mass is 482 g/mol. The molecular weight excluding hydrogens is 465 g/mol. The maximum absolute atomic E-state index is 13.4. The molecule has 1 aliphatic rings. The molecule has 0 aromatic heterocycles. The van der Waals surface area contributed by atoms with Crippen molar-refractivity contribution in [2.24, 2.45) is 0 Å². The number of aliphatic hydroxyl groups is 1. The zero-order valence-electron chi connectivity index (χ0n) is 18.1. The van der Waals surface area contributed by atoms with Gasteiger partial charge in [-0.3, -0.25) is 24.6 Å². The SMILES string of the molecule is Cc1ccc(C(O)=C2C(=O)C(=O)N(c3cccc(C(F)(F)F)c3)C2c2ccccc2[N+](=O)[O-])cc1. The minimum Gasteiger partial charge on any atom is -0.507 e. The van der Waals surface area contributed by atoms with Gasteiger partial charge < -0.3 is 5.11 Å². The van der Waals surface area contributed by atoms with Crippen LogP contribution in [0, 0.1) is 17.0 Å². The number of alkyl halides is 3. The Morgan fingerprint density at radius 3 is 2.29 bits per heavy atom. The lowest BCUT2D eigenvalue weighted by atomic mass is 9.93. The van der Waals surface area contributed by atoms with E-state index in [0.717, 1.165) is 28.7 Å². The summed E-state index contributed by atoms with van der Waals surface area (Å²) in [5.74, 6) is -2.99. The van der Waals surface area contributed by atoms with Crippen LogP contribution in [-0.2, 0) is 15.8 Å². The average Bonchev–Trinajstić information content (AvgIpc) is 3.09. The molecule has 4 rings (SSSR count). The molecule has 1 fully saturated rings. The number of ketones is 1. The Labute approximate surface area is 196 Å². The Hall–Kier alpha value is -4.47. The van der Waals surface area contributed by atoms with E-state index in [1.54, 1.807) is 19.1 Å². The maximum atomic E-state index is 13.4. The van der Waals surface area contributed by atoms with Crippen LogP contribution in [0.1, 0.15) is 28.3 Å². The summed E-state index contributed by atoms with van der Waals surface area (Å²) in [6, 6.07) is 13.7. The minimum atomic E-state index is -4.74. The molecule has 1 N–H and O–H groups in total. The highest BCUT2D eigenvalue weighted by molar-refractivity contribution is 6.51. The number of carbonyl (C=O) groups is 2. The number of anilines is 1. The van der Waals surface area contributed by atoms with Gasteiger partial charge in [0.25, 0.3) is 17.4 Å². The average molecular weight is 482 g/mol. The van der Waals surface area contributed by atoms with E-state index in [0.29, 0.717) is 6.07 Å². The molecule has 1 atom stereocenters. The van der Waals surface area contributed by atoms with Gasteiger partial charge in [-0.25, -0.2) is 0 Å². The summed E-state index contributed by atoms with van der Waals surface area (Å²) < 4.78 is 40.1. The number of rotatable bonds is 4. The van der Waals surface area contributed by atoms with Gasteiger partial charge in [0.15, 0.2) is 0 Å². The van der Waals surface area contributed by atoms with Crippen LogP contribution in [0.4, 0.5) is 24.5 Å². The first-order chi connectivity index (χ1) is 16.5. The molecule has 10 heteroatoms. The van der Waals surface area contributed by atoms with Crippen molar-refractivity contribution in [1.82, 2.24) is 0 Å². The molecule has 0 bridgehead atoms. The summed E-state index contributed by atoms with van der Waals surface area (Å²) in [6.45, 7) is 1.80. The summed E-state index contributed by atoms with van der Waals surface area (Å²) in [5, 5.41) is 22.8. The Morgan fingerprint density at radius 1 is 1.00 bits per heavy atom. The molecule has 1 unspecified atom stereocenters. The predicted molar refractivity (Wildman–Crippen MR) is 121 cm³/mol. The molecule has 3 aromatic carbocycles. The van der Waals surface area contributed by atoms with E-state index in [9.17, 15) is 38.0 Å². The van der Waals surface area contributed by atoms with Gasteiger partial charge in [-0.15, -0.1) is 0 Å². The molecule has 35 heavy (non-hydrogen) atoms. The smallest absolute Gasteiger partial charge is 0.416 e. The second-order valence-electron chi connectivity index (χ2n) is 7.90. The van der Waals surface area contributed by atoms with Crippen LogP contribution < -0.4 is 4.90 Å². The number of nitro groups is 1. The number of hydrogen-bond donors (Lipinski definition) is 1.